The van der Waals surface area contributed by atoms with Crippen LogP contribution in [-0.2, 0) is 22.4 Å². The summed E-state index contributed by atoms with van der Waals surface area (Å²) in [4.78, 5) is 26.4. The minimum atomic E-state index is -1.07. The van der Waals surface area contributed by atoms with Crippen LogP contribution in [0.3, 0.4) is 0 Å². The second-order valence-electron chi connectivity index (χ2n) is 8.28. The number of carbonyl (C=O) groups excluding carboxylic acids is 1. The number of carboxylic acids is 1. The lowest BCUT2D eigenvalue weighted by atomic mass is 9.87. The fraction of sp³-hybridized carbons (Fsp3) is 0.259. The fourth-order valence-corrected chi connectivity index (χ4v) is 4.72. The molecule has 34 heavy (non-hydrogen) atoms. The molecule has 1 aliphatic rings. The highest BCUT2D eigenvalue weighted by Crippen LogP contribution is 2.40. The van der Waals surface area contributed by atoms with E-state index >= 15 is 0 Å². The van der Waals surface area contributed by atoms with Gasteiger partial charge in [0.05, 0.1) is 6.04 Å². The van der Waals surface area contributed by atoms with Crippen molar-refractivity contribution >= 4 is 35.1 Å². The summed E-state index contributed by atoms with van der Waals surface area (Å²) >= 11 is 12.3. The van der Waals surface area contributed by atoms with Gasteiger partial charge in [0.25, 0.3) is 0 Å². The molecule has 3 aromatic carbocycles. The van der Waals surface area contributed by atoms with Gasteiger partial charge in [-0.2, -0.15) is 0 Å². The number of carboxylic acid groups (broad SMARTS) is 1. The molecule has 1 amide bonds. The van der Waals surface area contributed by atoms with E-state index in [0.717, 1.165) is 29.5 Å². The quantitative estimate of drug-likeness (QED) is 0.417. The number of fused-ring (bicyclic) bond motifs is 1. The zero-order valence-electron chi connectivity index (χ0n) is 18.5. The Morgan fingerprint density at radius 3 is 2.47 bits per heavy atom. The van der Waals surface area contributed by atoms with Gasteiger partial charge < -0.3 is 14.7 Å². The molecule has 1 atom stereocenters. The maximum atomic E-state index is 13.4. The molecule has 0 radical (unpaired) electrons. The van der Waals surface area contributed by atoms with E-state index < -0.39 is 18.6 Å². The Hall–Kier alpha value is -3.02. The zero-order valence-corrected chi connectivity index (χ0v) is 20.1. The second kappa shape index (κ2) is 10.9. The molecule has 0 fully saturated rings. The van der Waals surface area contributed by atoms with Crippen molar-refractivity contribution in [3.63, 3.8) is 0 Å². The molecular weight excluding hydrogens is 473 g/mol. The van der Waals surface area contributed by atoms with E-state index in [1.54, 1.807) is 18.2 Å². The van der Waals surface area contributed by atoms with Gasteiger partial charge in [0.15, 0.2) is 6.61 Å². The number of ether oxygens (including phenoxy) is 1. The summed E-state index contributed by atoms with van der Waals surface area (Å²) in [5, 5.41) is 10.3. The molecule has 0 bridgehead atoms. The number of aliphatic carboxylic acids is 1. The lowest BCUT2D eigenvalue weighted by Crippen LogP contribution is -2.40. The van der Waals surface area contributed by atoms with Gasteiger partial charge in [-0.1, -0.05) is 59.6 Å². The fourth-order valence-electron chi connectivity index (χ4n) is 4.41. The smallest absolute Gasteiger partial charge is 0.341 e. The van der Waals surface area contributed by atoms with Gasteiger partial charge in [-0.3, -0.25) is 4.79 Å². The SMILES string of the molecule is O=C(O)COc1ccc(Cl)cc1C1c2ccccc2CCN1C(=O)CCCc1ccc(Cl)cc1. The van der Waals surface area contributed by atoms with Crippen LogP contribution in [0.4, 0.5) is 0 Å². The third-order valence-corrected chi connectivity index (χ3v) is 6.48. The minimum Gasteiger partial charge on any atom is -0.482 e. The van der Waals surface area contributed by atoms with Crippen molar-refractivity contribution in [1.82, 2.24) is 4.90 Å². The minimum absolute atomic E-state index is 0.0395. The molecular formula is C27H25Cl2NO4. The predicted octanol–water partition coefficient (Wildman–Crippen LogP) is 5.95. The Morgan fingerprint density at radius 2 is 1.71 bits per heavy atom. The van der Waals surface area contributed by atoms with Crippen LogP contribution >= 0.6 is 23.2 Å². The van der Waals surface area contributed by atoms with Gasteiger partial charge in [-0.15, -0.1) is 0 Å². The standard InChI is InChI=1S/C27H25Cl2NO4/c28-20-10-8-18(9-11-20)4-3-7-25(31)30-15-14-19-5-1-2-6-22(19)27(30)23-16-21(29)12-13-24(23)34-17-26(32)33/h1-2,5-6,8-13,16,27H,3-4,7,14-15,17H2,(H,32,33). The van der Waals surface area contributed by atoms with E-state index in [2.05, 4.69) is 6.07 Å². The average Bonchev–Trinajstić information content (AvgIpc) is 2.83. The first-order chi connectivity index (χ1) is 16.4. The number of benzene rings is 3. The van der Waals surface area contributed by atoms with Crippen molar-refractivity contribution < 1.29 is 19.4 Å². The molecule has 1 N–H and O–H groups in total. The summed E-state index contributed by atoms with van der Waals surface area (Å²) in [6.45, 7) is 0.0877. The summed E-state index contributed by atoms with van der Waals surface area (Å²) < 4.78 is 5.59. The molecule has 0 saturated carbocycles. The molecule has 1 aliphatic heterocycles. The molecule has 0 aliphatic carbocycles. The Bertz CT molecular complexity index is 1180. The first-order valence-corrected chi connectivity index (χ1v) is 11.9. The first kappa shape index (κ1) is 24.1. The van der Waals surface area contributed by atoms with Crippen LogP contribution in [0.25, 0.3) is 0 Å². The van der Waals surface area contributed by atoms with Crippen LogP contribution in [0.2, 0.25) is 10.0 Å². The van der Waals surface area contributed by atoms with E-state index in [4.69, 9.17) is 33.0 Å². The lowest BCUT2D eigenvalue weighted by molar-refractivity contribution is -0.139. The lowest BCUT2D eigenvalue weighted by Gasteiger charge is -2.38. The summed E-state index contributed by atoms with van der Waals surface area (Å²) in [7, 11) is 0. The van der Waals surface area contributed by atoms with Gasteiger partial charge in [0, 0.05) is 28.6 Å². The third-order valence-electron chi connectivity index (χ3n) is 5.99. The van der Waals surface area contributed by atoms with Gasteiger partial charge in [-0.25, -0.2) is 4.79 Å². The monoisotopic (exact) mass is 497 g/mol. The Labute approximate surface area is 208 Å². The maximum Gasteiger partial charge on any atom is 0.341 e. The predicted molar refractivity (Wildman–Crippen MR) is 133 cm³/mol. The van der Waals surface area contributed by atoms with E-state index in [1.807, 2.05) is 47.4 Å². The van der Waals surface area contributed by atoms with E-state index in [1.165, 1.54) is 0 Å². The van der Waals surface area contributed by atoms with Crippen LogP contribution in [0.1, 0.15) is 41.1 Å². The number of hydrogen-bond acceptors (Lipinski definition) is 3. The Kier molecular flexibility index (Phi) is 7.76. The van der Waals surface area contributed by atoms with Crippen LogP contribution in [0, 0.1) is 0 Å². The molecule has 0 spiro atoms. The van der Waals surface area contributed by atoms with Crippen molar-refractivity contribution in [2.24, 2.45) is 0 Å². The zero-order chi connectivity index (χ0) is 24.1. The normalized spacial score (nSPS) is 15.0. The molecule has 3 aromatic rings. The highest BCUT2D eigenvalue weighted by atomic mass is 35.5. The third kappa shape index (κ3) is 5.72. The van der Waals surface area contributed by atoms with Gasteiger partial charge >= 0.3 is 5.97 Å². The van der Waals surface area contributed by atoms with Crippen molar-refractivity contribution in [3.05, 3.63) is 99.0 Å². The molecule has 176 valence electrons. The van der Waals surface area contributed by atoms with E-state index in [9.17, 15) is 9.59 Å². The summed E-state index contributed by atoms with van der Waals surface area (Å²) in [5.74, 6) is -0.620. The number of carbonyl (C=O) groups is 2. The summed E-state index contributed by atoms with van der Waals surface area (Å²) in [6, 6.07) is 20.4. The molecule has 1 heterocycles. The molecule has 7 heteroatoms. The number of nitrogens with zero attached hydrogens (tertiary/aromatic N) is 1. The highest BCUT2D eigenvalue weighted by Gasteiger charge is 2.33. The van der Waals surface area contributed by atoms with Gasteiger partial charge in [-0.05, 0) is 66.3 Å². The van der Waals surface area contributed by atoms with E-state index in [0.29, 0.717) is 40.7 Å². The number of aryl methyl sites for hydroxylation is 1. The summed E-state index contributed by atoms with van der Waals surface area (Å²) in [6.07, 6.45) is 2.64. The number of amides is 1. The molecule has 0 aromatic heterocycles. The maximum absolute atomic E-state index is 13.4. The molecule has 0 saturated heterocycles. The van der Waals surface area contributed by atoms with Crippen molar-refractivity contribution in [2.45, 2.75) is 31.7 Å². The second-order valence-corrected chi connectivity index (χ2v) is 9.16. The number of hydrogen-bond donors (Lipinski definition) is 1. The molecule has 4 rings (SSSR count). The Balaban J connectivity index is 1.61. The topological polar surface area (TPSA) is 66.8 Å². The number of rotatable bonds is 8. The largest absolute Gasteiger partial charge is 0.482 e. The first-order valence-electron chi connectivity index (χ1n) is 11.2. The molecule has 5 nitrogen and oxygen atoms in total. The Morgan fingerprint density at radius 1 is 0.971 bits per heavy atom. The van der Waals surface area contributed by atoms with Gasteiger partial charge in [0.1, 0.15) is 5.75 Å². The highest BCUT2D eigenvalue weighted by molar-refractivity contribution is 6.30. The van der Waals surface area contributed by atoms with E-state index in [-0.39, 0.29) is 5.91 Å². The van der Waals surface area contributed by atoms with Crippen LogP contribution < -0.4 is 4.74 Å². The van der Waals surface area contributed by atoms with Gasteiger partial charge in [0.2, 0.25) is 5.91 Å². The van der Waals surface area contributed by atoms with Crippen molar-refractivity contribution in [3.8, 4) is 5.75 Å². The van der Waals surface area contributed by atoms with Crippen LogP contribution in [-0.4, -0.2) is 35.0 Å². The summed E-state index contributed by atoms with van der Waals surface area (Å²) in [5.41, 5.74) is 3.98. The molecule has 1 unspecified atom stereocenters. The van der Waals surface area contributed by atoms with Crippen molar-refractivity contribution in [2.75, 3.05) is 13.2 Å². The van der Waals surface area contributed by atoms with Crippen LogP contribution in [0.5, 0.6) is 5.75 Å². The average molecular weight is 498 g/mol. The van der Waals surface area contributed by atoms with Crippen LogP contribution in [0.15, 0.2) is 66.7 Å². The van der Waals surface area contributed by atoms with Crippen molar-refractivity contribution in [1.29, 1.82) is 0 Å². The number of halogens is 2.